The van der Waals surface area contributed by atoms with Crippen LogP contribution in [0, 0.1) is 6.92 Å². The summed E-state index contributed by atoms with van der Waals surface area (Å²) in [5.41, 5.74) is 2.01. The Morgan fingerprint density at radius 1 is 1.58 bits per heavy atom. The number of aromatic nitrogens is 1. The summed E-state index contributed by atoms with van der Waals surface area (Å²) < 4.78 is 0. The Hall–Kier alpha value is -1.09. The second-order valence-corrected chi connectivity index (χ2v) is 3.81. The minimum absolute atomic E-state index is 0.427. The van der Waals surface area contributed by atoms with E-state index in [0.29, 0.717) is 12.2 Å². The monoisotopic (exact) mass is 179 g/mol. The lowest BCUT2D eigenvalue weighted by atomic mass is 10.2. The number of hydrogen-bond donors (Lipinski definition) is 1. The van der Waals surface area contributed by atoms with Gasteiger partial charge in [-0.3, -0.25) is 0 Å². The zero-order valence-corrected chi connectivity index (χ0v) is 7.56. The van der Waals surface area contributed by atoms with Crippen LogP contribution in [-0.4, -0.2) is 10.1 Å². The minimum Gasteiger partial charge on any atom is -0.512 e. The molecular formula is C9H9NOS. The molecule has 1 aromatic rings. The molecule has 62 valence electrons. The fourth-order valence-electron chi connectivity index (χ4n) is 1.19. The van der Waals surface area contributed by atoms with Gasteiger partial charge in [0.1, 0.15) is 0 Å². The largest absolute Gasteiger partial charge is 0.512 e. The van der Waals surface area contributed by atoms with Crippen LogP contribution < -0.4 is 0 Å². The highest BCUT2D eigenvalue weighted by atomic mass is 32.1. The third-order valence-electron chi connectivity index (χ3n) is 1.77. The van der Waals surface area contributed by atoms with E-state index in [1.807, 2.05) is 18.4 Å². The van der Waals surface area contributed by atoms with Gasteiger partial charge in [-0.25, -0.2) is 4.98 Å². The first-order valence-corrected chi connectivity index (χ1v) is 4.66. The molecule has 0 radical (unpaired) electrons. The smallest absolute Gasteiger partial charge is 0.0967 e. The van der Waals surface area contributed by atoms with Crippen LogP contribution in [0.5, 0.6) is 0 Å². The first kappa shape index (κ1) is 7.55. The van der Waals surface area contributed by atoms with E-state index in [1.54, 1.807) is 17.4 Å². The van der Waals surface area contributed by atoms with Crippen LogP contribution in [0.15, 0.2) is 23.3 Å². The maximum Gasteiger partial charge on any atom is 0.0967 e. The molecule has 1 N–H and O–H groups in total. The topological polar surface area (TPSA) is 33.1 Å². The molecule has 1 aliphatic carbocycles. The molecule has 0 unspecified atom stereocenters. The molecule has 0 amide bonds. The van der Waals surface area contributed by atoms with Gasteiger partial charge in [-0.15, -0.1) is 11.3 Å². The highest BCUT2D eigenvalue weighted by Crippen LogP contribution is 2.25. The molecule has 3 heteroatoms. The second kappa shape index (κ2) is 2.75. The Kier molecular flexibility index (Phi) is 1.73. The molecular weight excluding hydrogens is 170 g/mol. The van der Waals surface area contributed by atoms with Gasteiger partial charge >= 0.3 is 0 Å². The van der Waals surface area contributed by atoms with Gasteiger partial charge in [0, 0.05) is 17.4 Å². The van der Waals surface area contributed by atoms with Crippen molar-refractivity contribution in [2.24, 2.45) is 0 Å². The van der Waals surface area contributed by atoms with Gasteiger partial charge in [0.05, 0.1) is 16.5 Å². The average Bonchev–Trinajstić information content (AvgIpc) is 2.58. The van der Waals surface area contributed by atoms with Crippen molar-refractivity contribution >= 4 is 16.9 Å². The molecule has 1 aromatic heterocycles. The Morgan fingerprint density at radius 3 is 2.92 bits per heavy atom. The van der Waals surface area contributed by atoms with Crippen molar-refractivity contribution in [3.8, 4) is 0 Å². The second-order valence-electron chi connectivity index (χ2n) is 2.75. The average molecular weight is 179 g/mol. The summed E-state index contributed by atoms with van der Waals surface area (Å²) in [5, 5.41) is 12.2. The highest BCUT2D eigenvalue weighted by molar-refractivity contribution is 7.09. The van der Waals surface area contributed by atoms with Gasteiger partial charge < -0.3 is 5.11 Å². The van der Waals surface area contributed by atoms with E-state index in [2.05, 4.69) is 4.98 Å². The van der Waals surface area contributed by atoms with Crippen LogP contribution in [0.3, 0.4) is 0 Å². The van der Waals surface area contributed by atoms with Crippen LogP contribution >= 0.6 is 11.3 Å². The Balaban J connectivity index is 2.33. The van der Waals surface area contributed by atoms with Crippen LogP contribution in [0.4, 0.5) is 0 Å². The van der Waals surface area contributed by atoms with Gasteiger partial charge in [0.25, 0.3) is 0 Å². The van der Waals surface area contributed by atoms with Gasteiger partial charge in [0.15, 0.2) is 0 Å². The van der Waals surface area contributed by atoms with Crippen molar-refractivity contribution in [1.82, 2.24) is 4.98 Å². The van der Waals surface area contributed by atoms with E-state index in [9.17, 15) is 0 Å². The third-order valence-corrected chi connectivity index (χ3v) is 2.54. The Morgan fingerprint density at radius 2 is 2.42 bits per heavy atom. The number of nitrogens with zero attached hydrogens (tertiary/aromatic N) is 1. The van der Waals surface area contributed by atoms with Crippen molar-refractivity contribution in [2.45, 2.75) is 13.3 Å². The molecule has 0 saturated heterocycles. The molecule has 2 rings (SSSR count). The van der Waals surface area contributed by atoms with E-state index in [0.717, 1.165) is 16.3 Å². The third kappa shape index (κ3) is 1.28. The zero-order chi connectivity index (χ0) is 8.55. The molecule has 0 spiro atoms. The van der Waals surface area contributed by atoms with Gasteiger partial charge in [-0.05, 0) is 13.0 Å². The summed E-state index contributed by atoms with van der Waals surface area (Å²) in [5.74, 6) is 0.427. The van der Waals surface area contributed by atoms with Crippen molar-refractivity contribution in [2.75, 3.05) is 0 Å². The van der Waals surface area contributed by atoms with E-state index in [4.69, 9.17) is 5.11 Å². The molecule has 0 aromatic carbocycles. The number of aryl methyl sites for hydroxylation is 1. The molecule has 2 nitrogen and oxygen atoms in total. The van der Waals surface area contributed by atoms with Crippen molar-refractivity contribution in [1.29, 1.82) is 0 Å². The first-order valence-electron chi connectivity index (χ1n) is 3.78. The SMILES string of the molecule is Cc1nc(C2=CCC(O)=C2)cs1. The number of allylic oxidation sites excluding steroid dienone is 3. The predicted molar refractivity (Wildman–Crippen MR) is 50.2 cm³/mol. The molecule has 0 aliphatic heterocycles. The summed E-state index contributed by atoms with van der Waals surface area (Å²) in [6.07, 6.45) is 4.41. The van der Waals surface area contributed by atoms with Crippen molar-refractivity contribution < 1.29 is 5.11 Å². The molecule has 1 aliphatic rings. The molecule has 1 heterocycles. The predicted octanol–water partition coefficient (Wildman–Crippen LogP) is 2.68. The van der Waals surface area contributed by atoms with E-state index >= 15 is 0 Å². The summed E-state index contributed by atoms with van der Waals surface area (Å²) >= 11 is 1.63. The molecule has 0 atom stereocenters. The number of aliphatic hydroxyl groups is 1. The summed E-state index contributed by atoms with van der Waals surface area (Å²) in [6, 6.07) is 0. The zero-order valence-electron chi connectivity index (χ0n) is 6.74. The van der Waals surface area contributed by atoms with Gasteiger partial charge in [-0.1, -0.05) is 6.08 Å². The lowest BCUT2D eigenvalue weighted by Crippen LogP contribution is -1.78. The Bertz CT molecular complexity index is 362. The molecule has 0 saturated carbocycles. The highest BCUT2D eigenvalue weighted by Gasteiger charge is 2.09. The molecule has 12 heavy (non-hydrogen) atoms. The van der Waals surface area contributed by atoms with Crippen LogP contribution in [0.2, 0.25) is 0 Å². The van der Waals surface area contributed by atoms with E-state index in [-0.39, 0.29) is 0 Å². The minimum atomic E-state index is 0.427. The Labute approximate surface area is 74.9 Å². The van der Waals surface area contributed by atoms with Crippen molar-refractivity contribution in [3.63, 3.8) is 0 Å². The van der Waals surface area contributed by atoms with Crippen LogP contribution in [0.1, 0.15) is 17.1 Å². The van der Waals surface area contributed by atoms with Gasteiger partial charge in [0.2, 0.25) is 0 Å². The maximum atomic E-state index is 9.15. The van der Waals surface area contributed by atoms with Crippen LogP contribution in [-0.2, 0) is 0 Å². The summed E-state index contributed by atoms with van der Waals surface area (Å²) in [6.45, 7) is 1.98. The fourth-order valence-corrected chi connectivity index (χ4v) is 1.81. The lowest BCUT2D eigenvalue weighted by molar-refractivity contribution is 0.404. The number of rotatable bonds is 1. The first-order chi connectivity index (χ1) is 5.75. The summed E-state index contributed by atoms with van der Waals surface area (Å²) in [7, 11) is 0. The summed E-state index contributed by atoms with van der Waals surface area (Å²) in [4.78, 5) is 4.32. The normalized spacial score (nSPS) is 16.1. The molecule has 0 fully saturated rings. The number of hydrogen-bond acceptors (Lipinski definition) is 3. The van der Waals surface area contributed by atoms with Crippen molar-refractivity contribution in [3.05, 3.63) is 34.0 Å². The number of thiazole rings is 1. The number of aliphatic hydroxyl groups excluding tert-OH is 1. The standard InChI is InChI=1S/C9H9NOS/c1-6-10-9(5-12-6)7-2-3-8(11)4-7/h2,4-5,11H,3H2,1H3. The fraction of sp³-hybridized carbons (Fsp3) is 0.222. The van der Waals surface area contributed by atoms with Crippen LogP contribution in [0.25, 0.3) is 5.57 Å². The quantitative estimate of drug-likeness (QED) is 0.719. The van der Waals surface area contributed by atoms with Gasteiger partial charge in [-0.2, -0.15) is 0 Å². The van der Waals surface area contributed by atoms with E-state index in [1.165, 1.54) is 0 Å². The molecule has 0 bridgehead atoms. The maximum absolute atomic E-state index is 9.15. The van der Waals surface area contributed by atoms with E-state index < -0.39 is 0 Å². The lowest BCUT2D eigenvalue weighted by Gasteiger charge is -1.89.